The van der Waals surface area contributed by atoms with E-state index in [2.05, 4.69) is 27.5 Å². The number of rotatable bonds is 5. The predicted octanol–water partition coefficient (Wildman–Crippen LogP) is 5.40. The van der Waals surface area contributed by atoms with E-state index in [1.165, 1.54) is 0 Å². The Hall–Kier alpha value is -1.95. The molecule has 2 aliphatic heterocycles. The third-order valence-corrected chi connectivity index (χ3v) is 7.40. The van der Waals surface area contributed by atoms with Crippen LogP contribution in [0, 0.1) is 5.92 Å². The topological polar surface area (TPSA) is 53.9 Å². The lowest BCUT2D eigenvalue weighted by Gasteiger charge is -2.40. The van der Waals surface area contributed by atoms with Gasteiger partial charge in [-0.3, -0.25) is 4.79 Å². The second-order valence-electron chi connectivity index (χ2n) is 8.72. The van der Waals surface area contributed by atoms with Crippen LogP contribution in [0.5, 0.6) is 0 Å². The quantitative estimate of drug-likeness (QED) is 0.585. The molecule has 1 N–H and O–H groups in total. The van der Waals surface area contributed by atoms with Crippen molar-refractivity contribution in [2.24, 2.45) is 11.1 Å². The molecule has 1 unspecified atom stereocenters. The summed E-state index contributed by atoms with van der Waals surface area (Å²) in [4.78, 5) is 20.1. The SMILES string of the molecule is CC1(c2cc(Cl)c(Cl)c(Cl)c2)CC(c2ccc(N3CC(C(=O)NC4CC4)C3)cc2)=NO1. The fraction of sp³-hybridized carbons (Fsp3) is 0.391. The molecule has 5 rings (SSSR count). The van der Waals surface area contributed by atoms with Gasteiger partial charge < -0.3 is 15.1 Å². The van der Waals surface area contributed by atoms with E-state index in [1.54, 1.807) is 12.1 Å². The second-order valence-corrected chi connectivity index (χ2v) is 9.91. The monoisotopic (exact) mass is 477 g/mol. The molecule has 2 aromatic carbocycles. The molecule has 0 bridgehead atoms. The number of hydrogen-bond donors (Lipinski definition) is 1. The summed E-state index contributed by atoms with van der Waals surface area (Å²) in [7, 11) is 0. The average molecular weight is 479 g/mol. The van der Waals surface area contributed by atoms with E-state index in [0.717, 1.165) is 48.5 Å². The number of hydrogen-bond acceptors (Lipinski definition) is 4. The average Bonchev–Trinajstić information content (AvgIpc) is 3.43. The largest absolute Gasteiger partial charge is 0.384 e. The molecule has 1 aliphatic carbocycles. The van der Waals surface area contributed by atoms with E-state index in [1.807, 2.05) is 19.1 Å². The van der Waals surface area contributed by atoms with E-state index in [-0.39, 0.29) is 11.8 Å². The molecule has 0 spiro atoms. The van der Waals surface area contributed by atoms with Crippen molar-refractivity contribution in [2.45, 2.75) is 37.8 Å². The lowest BCUT2D eigenvalue weighted by molar-refractivity contribution is -0.125. The number of carbonyl (C=O) groups excluding carboxylic acids is 1. The number of amides is 1. The number of nitrogens with zero attached hydrogens (tertiary/aromatic N) is 2. The molecule has 1 atom stereocenters. The molecule has 8 heteroatoms. The van der Waals surface area contributed by atoms with Crippen molar-refractivity contribution in [1.29, 1.82) is 0 Å². The molecule has 1 saturated carbocycles. The third kappa shape index (κ3) is 4.11. The molecular weight excluding hydrogens is 457 g/mol. The Morgan fingerprint density at radius 2 is 1.77 bits per heavy atom. The van der Waals surface area contributed by atoms with Crippen LogP contribution in [-0.2, 0) is 15.2 Å². The lowest BCUT2D eigenvalue weighted by atomic mass is 9.89. The summed E-state index contributed by atoms with van der Waals surface area (Å²) in [5.41, 5.74) is 3.14. The molecule has 162 valence electrons. The van der Waals surface area contributed by atoms with Gasteiger partial charge in [0.2, 0.25) is 5.91 Å². The summed E-state index contributed by atoms with van der Waals surface area (Å²) in [5, 5.41) is 8.54. The van der Waals surface area contributed by atoms with Gasteiger partial charge in [-0.15, -0.1) is 0 Å². The first kappa shape index (κ1) is 20.9. The van der Waals surface area contributed by atoms with Gasteiger partial charge in [0.1, 0.15) is 0 Å². The van der Waals surface area contributed by atoms with Gasteiger partial charge in [0, 0.05) is 36.8 Å². The zero-order chi connectivity index (χ0) is 21.8. The van der Waals surface area contributed by atoms with Crippen molar-refractivity contribution < 1.29 is 9.63 Å². The Morgan fingerprint density at radius 3 is 2.39 bits per heavy atom. The Kier molecular flexibility index (Phi) is 5.32. The van der Waals surface area contributed by atoms with E-state index >= 15 is 0 Å². The maximum Gasteiger partial charge on any atom is 0.226 e. The molecule has 2 aromatic rings. The summed E-state index contributed by atoms with van der Waals surface area (Å²) in [5.74, 6) is 0.279. The Bertz CT molecular complexity index is 1040. The Balaban J connectivity index is 1.22. The maximum absolute atomic E-state index is 12.1. The highest BCUT2D eigenvalue weighted by molar-refractivity contribution is 6.48. The second kappa shape index (κ2) is 7.88. The van der Waals surface area contributed by atoms with Gasteiger partial charge in [-0.05, 0) is 49.6 Å². The van der Waals surface area contributed by atoms with Gasteiger partial charge in [-0.25, -0.2) is 0 Å². The number of carbonyl (C=O) groups is 1. The van der Waals surface area contributed by atoms with Crippen molar-refractivity contribution in [3.63, 3.8) is 0 Å². The van der Waals surface area contributed by atoms with Crippen molar-refractivity contribution in [3.8, 4) is 0 Å². The van der Waals surface area contributed by atoms with Crippen LogP contribution >= 0.6 is 34.8 Å². The van der Waals surface area contributed by atoms with E-state index in [9.17, 15) is 4.79 Å². The molecule has 1 saturated heterocycles. The minimum atomic E-state index is -0.661. The Labute approximate surface area is 196 Å². The number of benzene rings is 2. The molecule has 0 radical (unpaired) electrons. The standard InChI is InChI=1S/C23H22Cl3N3O2/c1-23(15-8-18(24)21(26)19(25)9-15)10-20(28-31-23)13-2-6-17(7-3-13)29-11-14(12-29)22(30)27-16-4-5-16/h2-3,6-9,14,16H,4-5,10-12H2,1H3,(H,27,30). The Morgan fingerprint density at radius 1 is 1.13 bits per heavy atom. The predicted molar refractivity (Wildman–Crippen MR) is 124 cm³/mol. The zero-order valence-corrected chi connectivity index (χ0v) is 19.3. The number of oxime groups is 1. The van der Waals surface area contributed by atoms with Crippen LogP contribution in [0.25, 0.3) is 0 Å². The number of halogens is 3. The van der Waals surface area contributed by atoms with Crippen LogP contribution in [0.1, 0.15) is 37.3 Å². The van der Waals surface area contributed by atoms with Crippen LogP contribution in [-0.4, -0.2) is 30.8 Å². The van der Waals surface area contributed by atoms with Crippen LogP contribution in [0.2, 0.25) is 15.1 Å². The summed E-state index contributed by atoms with van der Waals surface area (Å²) < 4.78 is 0. The molecule has 31 heavy (non-hydrogen) atoms. The molecule has 3 aliphatic rings. The zero-order valence-electron chi connectivity index (χ0n) is 17.0. The van der Waals surface area contributed by atoms with Crippen LogP contribution in [0.4, 0.5) is 5.69 Å². The highest BCUT2D eigenvalue weighted by Crippen LogP contribution is 2.41. The van der Waals surface area contributed by atoms with Crippen molar-refractivity contribution in [3.05, 3.63) is 62.6 Å². The molecule has 0 aromatic heterocycles. The summed E-state index contributed by atoms with van der Waals surface area (Å²) >= 11 is 18.5. The fourth-order valence-electron chi connectivity index (χ4n) is 3.98. The van der Waals surface area contributed by atoms with Crippen molar-refractivity contribution in [1.82, 2.24) is 5.32 Å². The highest BCUT2D eigenvalue weighted by Gasteiger charge is 2.38. The highest BCUT2D eigenvalue weighted by atomic mass is 35.5. The fourth-order valence-corrected chi connectivity index (χ4v) is 4.57. The molecule has 5 nitrogen and oxygen atoms in total. The first-order valence-electron chi connectivity index (χ1n) is 10.4. The van der Waals surface area contributed by atoms with Gasteiger partial charge in [0.15, 0.2) is 5.60 Å². The van der Waals surface area contributed by atoms with Crippen LogP contribution < -0.4 is 10.2 Å². The smallest absolute Gasteiger partial charge is 0.226 e. The number of anilines is 1. The van der Waals surface area contributed by atoms with E-state index in [4.69, 9.17) is 39.6 Å². The maximum atomic E-state index is 12.1. The summed E-state index contributed by atoms with van der Waals surface area (Å²) in [6.07, 6.45) is 2.83. The van der Waals surface area contributed by atoms with Crippen LogP contribution in [0.15, 0.2) is 41.6 Å². The minimum Gasteiger partial charge on any atom is -0.384 e. The molecule has 2 fully saturated rings. The molecular formula is C23H22Cl3N3O2. The van der Waals surface area contributed by atoms with Gasteiger partial charge in [-0.1, -0.05) is 52.1 Å². The minimum absolute atomic E-state index is 0.0895. The summed E-state index contributed by atoms with van der Waals surface area (Å²) in [6.45, 7) is 3.48. The first-order valence-corrected chi connectivity index (χ1v) is 11.5. The van der Waals surface area contributed by atoms with Gasteiger partial charge in [-0.2, -0.15) is 0 Å². The van der Waals surface area contributed by atoms with Gasteiger partial charge in [0.25, 0.3) is 0 Å². The number of nitrogens with one attached hydrogen (secondary N) is 1. The van der Waals surface area contributed by atoms with E-state index in [0.29, 0.717) is 27.5 Å². The van der Waals surface area contributed by atoms with Gasteiger partial charge >= 0.3 is 0 Å². The van der Waals surface area contributed by atoms with E-state index < -0.39 is 5.60 Å². The third-order valence-electron chi connectivity index (χ3n) is 6.20. The van der Waals surface area contributed by atoms with Crippen molar-refractivity contribution >= 4 is 52.1 Å². The lowest BCUT2D eigenvalue weighted by Crippen LogP contribution is -2.54. The molecule has 1 amide bonds. The first-order chi connectivity index (χ1) is 14.8. The van der Waals surface area contributed by atoms with Gasteiger partial charge in [0.05, 0.1) is 26.7 Å². The summed E-state index contributed by atoms with van der Waals surface area (Å²) in [6, 6.07) is 12.2. The van der Waals surface area contributed by atoms with Crippen LogP contribution in [0.3, 0.4) is 0 Å². The molecule has 2 heterocycles. The van der Waals surface area contributed by atoms with Crippen molar-refractivity contribution in [2.75, 3.05) is 18.0 Å². The normalized spacial score (nSPS) is 23.2.